The van der Waals surface area contributed by atoms with Crippen molar-refractivity contribution in [3.05, 3.63) is 0 Å². The van der Waals surface area contributed by atoms with Crippen molar-refractivity contribution in [3.8, 4) is 0 Å². The van der Waals surface area contributed by atoms with E-state index < -0.39 is 0 Å². The van der Waals surface area contributed by atoms with Crippen LogP contribution >= 0.6 is 0 Å². The zero-order chi connectivity index (χ0) is 9.10. The van der Waals surface area contributed by atoms with Gasteiger partial charge in [-0.25, -0.2) is 0 Å². The van der Waals surface area contributed by atoms with Crippen LogP contribution in [-0.2, 0) is 4.79 Å². The Balaban J connectivity index is 1.82. The minimum Gasteiger partial charge on any atom is -0.353 e. The fraction of sp³-hybridized carbons (Fsp3) is 0.889. The van der Waals surface area contributed by atoms with Gasteiger partial charge in [-0.05, 0) is 31.8 Å². The lowest BCUT2D eigenvalue weighted by atomic mass is 9.91. The maximum atomic E-state index is 10.9. The Bertz CT molecular complexity index is 179. The van der Waals surface area contributed by atoms with Gasteiger partial charge in [0.15, 0.2) is 0 Å². The van der Waals surface area contributed by atoms with Gasteiger partial charge in [0.2, 0.25) is 5.91 Å². The average Bonchev–Trinajstić information content (AvgIpc) is 2.20. The first-order valence-corrected chi connectivity index (χ1v) is 5.07. The lowest BCUT2D eigenvalue weighted by molar-refractivity contribution is -0.121. The molecule has 0 spiro atoms. The maximum absolute atomic E-state index is 10.9. The van der Waals surface area contributed by atoms with Crippen molar-refractivity contribution in [2.24, 2.45) is 5.92 Å². The van der Waals surface area contributed by atoms with Crippen LogP contribution in [0.15, 0.2) is 0 Å². The van der Waals surface area contributed by atoms with E-state index in [4.69, 9.17) is 0 Å². The van der Waals surface area contributed by atoms with Crippen LogP contribution < -0.4 is 16.0 Å². The lowest BCUT2D eigenvalue weighted by Gasteiger charge is -2.34. The first-order chi connectivity index (χ1) is 6.36. The first kappa shape index (κ1) is 8.97. The van der Waals surface area contributed by atoms with Gasteiger partial charge in [-0.15, -0.1) is 0 Å². The molecule has 0 aromatic heterocycles. The second kappa shape index (κ2) is 4.07. The topological polar surface area (TPSA) is 53.2 Å². The number of hydrogen-bond donors (Lipinski definition) is 3. The number of carbonyl (C=O) groups is 1. The van der Waals surface area contributed by atoms with E-state index in [-0.39, 0.29) is 5.91 Å². The van der Waals surface area contributed by atoms with Crippen molar-refractivity contribution >= 4 is 5.91 Å². The Hall–Kier alpha value is -0.610. The fourth-order valence-electron chi connectivity index (χ4n) is 2.14. The standard InChI is InChI=1S/C9H17N3O/c13-9-6-11-8(5-12-9)7-2-1-3-10-4-7/h7-8,10-11H,1-6H2,(H,12,13). The van der Waals surface area contributed by atoms with E-state index in [0.717, 1.165) is 19.6 Å². The molecule has 2 atom stereocenters. The summed E-state index contributed by atoms with van der Waals surface area (Å²) in [6.07, 6.45) is 2.54. The number of hydrogen-bond acceptors (Lipinski definition) is 3. The van der Waals surface area contributed by atoms with Gasteiger partial charge >= 0.3 is 0 Å². The molecule has 3 N–H and O–H groups in total. The molecule has 0 bridgehead atoms. The first-order valence-electron chi connectivity index (χ1n) is 5.07. The highest BCUT2D eigenvalue weighted by Crippen LogP contribution is 2.14. The average molecular weight is 183 g/mol. The molecule has 2 rings (SSSR count). The van der Waals surface area contributed by atoms with Gasteiger partial charge in [-0.2, -0.15) is 0 Å². The molecule has 13 heavy (non-hydrogen) atoms. The number of amides is 1. The van der Waals surface area contributed by atoms with Crippen LogP contribution in [0, 0.1) is 5.92 Å². The SMILES string of the molecule is O=C1CNC(C2CCCNC2)CN1. The van der Waals surface area contributed by atoms with Crippen molar-refractivity contribution in [1.29, 1.82) is 0 Å². The number of carbonyl (C=O) groups excluding carboxylic acids is 1. The summed E-state index contributed by atoms with van der Waals surface area (Å²) in [6.45, 7) is 3.52. The van der Waals surface area contributed by atoms with Gasteiger partial charge in [0.1, 0.15) is 0 Å². The lowest BCUT2D eigenvalue weighted by Crippen LogP contribution is -2.57. The zero-order valence-corrected chi connectivity index (χ0v) is 7.81. The van der Waals surface area contributed by atoms with E-state index in [9.17, 15) is 4.79 Å². The number of nitrogens with one attached hydrogen (secondary N) is 3. The third-order valence-electron chi connectivity index (χ3n) is 2.95. The minimum atomic E-state index is 0.125. The molecule has 1 amide bonds. The molecule has 0 aromatic rings. The maximum Gasteiger partial charge on any atom is 0.234 e. The van der Waals surface area contributed by atoms with Crippen molar-refractivity contribution in [2.75, 3.05) is 26.2 Å². The van der Waals surface area contributed by atoms with Gasteiger partial charge in [-0.3, -0.25) is 4.79 Å². The van der Waals surface area contributed by atoms with E-state index in [1.807, 2.05) is 0 Å². The summed E-state index contributed by atoms with van der Waals surface area (Å²) in [5, 5.41) is 9.58. The zero-order valence-electron chi connectivity index (χ0n) is 7.81. The molecule has 0 radical (unpaired) electrons. The molecule has 2 aliphatic rings. The van der Waals surface area contributed by atoms with E-state index in [0.29, 0.717) is 18.5 Å². The second-order valence-electron chi connectivity index (χ2n) is 3.90. The normalized spacial score (nSPS) is 35.5. The van der Waals surface area contributed by atoms with Crippen molar-refractivity contribution in [2.45, 2.75) is 18.9 Å². The highest BCUT2D eigenvalue weighted by Gasteiger charge is 2.26. The summed E-state index contributed by atoms with van der Waals surface area (Å²) in [5.74, 6) is 0.814. The van der Waals surface area contributed by atoms with E-state index in [1.54, 1.807) is 0 Å². The van der Waals surface area contributed by atoms with Crippen LogP contribution in [0.4, 0.5) is 0 Å². The highest BCUT2D eigenvalue weighted by molar-refractivity contribution is 5.78. The van der Waals surface area contributed by atoms with E-state index >= 15 is 0 Å². The molecule has 0 aromatic carbocycles. The predicted molar refractivity (Wildman–Crippen MR) is 50.4 cm³/mol. The van der Waals surface area contributed by atoms with Crippen LogP contribution in [0.25, 0.3) is 0 Å². The van der Waals surface area contributed by atoms with Crippen molar-refractivity contribution in [1.82, 2.24) is 16.0 Å². The molecular weight excluding hydrogens is 166 g/mol. The van der Waals surface area contributed by atoms with Gasteiger partial charge in [0.05, 0.1) is 6.54 Å². The van der Waals surface area contributed by atoms with Crippen LogP contribution in [0.2, 0.25) is 0 Å². The van der Waals surface area contributed by atoms with Gasteiger partial charge < -0.3 is 16.0 Å². The van der Waals surface area contributed by atoms with E-state index in [2.05, 4.69) is 16.0 Å². The molecule has 74 valence electrons. The van der Waals surface area contributed by atoms with Gasteiger partial charge in [0.25, 0.3) is 0 Å². The van der Waals surface area contributed by atoms with Crippen LogP contribution in [0.1, 0.15) is 12.8 Å². The molecule has 4 heteroatoms. The van der Waals surface area contributed by atoms with Crippen molar-refractivity contribution < 1.29 is 4.79 Å². The summed E-state index contributed by atoms with van der Waals surface area (Å²) in [5.41, 5.74) is 0. The third-order valence-corrected chi connectivity index (χ3v) is 2.95. The molecular formula is C9H17N3O. The molecule has 2 saturated heterocycles. The molecule has 0 saturated carbocycles. The third kappa shape index (κ3) is 2.19. The quantitative estimate of drug-likeness (QED) is 0.492. The van der Waals surface area contributed by atoms with Crippen molar-refractivity contribution in [3.63, 3.8) is 0 Å². The van der Waals surface area contributed by atoms with Crippen LogP contribution in [0.5, 0.6) is 0 Å². The predicted octanol–water partition coefficient (Wildman–Crippen LogP) is -0.926. The smallest absolute Gasteiger partial charge is 0.234 e. The Morgan fingerprint density at radius 1 is 1.31 bits per heavy atom. The summed E-state index contributed by atoms with van der Waals surface area (Å²) in [4.78, 5) is 10.9. The molecule has 4 nitrogen and oxygen atoms in total. The Labute approximate surface area is 78.5 Å². The molecule has 0 aliphatic carbocycles. The Morgan fingerprint density at radius 3 is 2.85 bits per heavy atom. The van der Waals surface area contributed by atoms with Crippen LogP contribution in [-0.4, -0.2) is 38.1 Å². The molecule has 2 fully saturated rings. The summed E-state index contributed by atoms with van der Waals surface area (Å²) in [6, 6.07) is 0.477. The van der Waals surface area contributed by atoms with Crippen LogP contribution in [0.3, 0.4) is 0 Å². The highest BCUT2D eigenvalue weighted by atomic mass is 16.2. The molecule has 2 aliphatic heterocycles. The Morgan fingerprint density at radius 2 is 2.23 bits per heavy atom. The summed E-state index contributed by atoms with van der Waals surface area (Å²) in [7, 11) is 0. The number of piperazine rings is 1. The van der Waals surface area contributed by atoms with Gasteiger partial charge in [-0.1, -0.05) is 0 Å². The fourth-order valence-corrected chi connectivity index (χ4v) is 2.14. The summed E-state index contributed by atoms with van der Waals surface area (Å²) < 4.78 is 0. The number of piperidine rings is 1. The largest absolute Gasteiger partial charge is 0.353 e. The molecule has 2 unspecified atom stereocenters. The molecule has 2 heterocycles. The second-order valence-corrected chi connectivity index (χ2v) is 3.90. The van der Waals surface area contributed by atoms with E-state index in [1.165, 1.54) is 12.8 Å². The monoisotopic (exact) mass is 183 g/mol. The Kier molecular flexibility index (Phi) is 2.80. The minimum absolute atomic E-state index is 0.125. The number of rotatable bonds is 1. The van der Waals surface area contributed by atoms with Gasteiger partial charge in [0, 0.05) is 12.6 Å². The summed E-state index contributed by atoms with van der Waals surface area (Å²) >= 11 is 0.